The molecule has 0 aromatic heterocycles. The molecule has 0 saturated carbocycles. The Balaban J connectivity index is 2.50. The van der Waals surface area contributed by atoms with Gasteiger partial charge in [-0.25, -0.2) is 0 Å². The van der Waals surface area contributed by atoms with Gasteiger partial charge in [-0.3, -0.25) is 9.69 Å². The number of nitrogens with zero attached hydrogens (tertiary/aromatic N) is 1. The van der Waals surface area contributed by atoms with E-state index in [0.29, 0.717) is 0 Å². The van der Waals surface area contributed by atoms with Crippen LogP contribution in [0.1, 0.15) is 25.7 Å². The van der Waals surface area contributed by atoms with Crippen LogP contribution in [0.25, 0.3) is 0 Å². The van der Waals surface area contributed by atoms with Crippen LogP contribution in [0.4, 0.5) is 0 Å². The van der Waals surface area contributed by atoms with E-state index in [9.17, 15) is 4.79 Å². The smallest absolute Gasteiger partial charge is 0.320 e. The maximum absolute atomic E-state index is 11.0. The second kappa shape index (κ2) is 6.30. The summed E-state index contributed by atoms with van der Waals surface area (Å²) in [7, 11) is 0. The normalized spacial score (nSPS) is 24.5. The van der Waals surface area contributed by atoms with Gasteiger partial charge in [0.15, 0.2) is 0 Å². The molecule has 0 aliphatic carbocycles. The van der Waals surface area contributed by atoms with Crippen LogP contribution in [0.15, 0.2) is 0 Å². The van der Waals surface area contributed by atoms with Crippen molar-refractivity contribution in [2.45, 2.75) is 31.7 Å². The highest BCUT2D eigenvalue weighted by Gasteiger charge is 2.26. The third-order valence-electron chi connectivity index (χ3n) is 2.73. The number of likely N-dealkylation sites (tertiary alicyclic amines) is 1. The Morgan fingerprint density at radius 1 is 1.50 bits per heavy atom. The van der Waals surface area contributed by atoms with Crippen LogP contribution in [0, 0.1) is 0 Å². The number of hydrogen-bond acceptors (Lipinski definition) is 3. The molecule has 0 aromatic carbocycles. The van der Waals surface area contributed by atoms with Crippen LogP contribution in [0.2, 0.25) is 0 Å². The first kappa shape index (κ1) is 11.9. The molecule has 0 bridgehead atoms. The zero-order valence-electron chi connectivity index (χ0n) is 8.74. The van der Waals surface area contributed by atoms with Gasteiger partial charge in [0.2, 0.25) is 0 Å². The number of carbonyl (C=O) groups is 1. The fourth-order valence-corrected chi connectivity index (χ4v) is 2.34. The second-order valence-corrected chi connectivity index (χ2v) is 4.72. The molecule has 1 aliphatic rings. The maximum Gasteiger partial charge on any atom is 0.320 e. The summed E-state index contributed by atoms with van der Waals surface area (Å²) in [5.74, 6) is 0.386. The first-order valence-electron chi connectivity index (χ1n) is 5.21. The van der Waals surface area contributed by atoms with Crippen molar-refractivity contribution in [3.8, 4) is 0 Å². The van der Waals surface area contributed by atoms with Gasteiger partial charge in [-0.2, -0.15) is 11.8 Å². The Morgan fingerprint density at radius 3 is 2.93 bits per heavy atom. The minimum atomic E-state index is -0.645. The summed E-state index contributed by atoms with van der Waals surface area (Å²) in [6, 6.07) is -0.232. The van der Waals surface area contributed by atoms with E-state index in [0.717, 1.165) is 38.1 Å². The molecule has 3 nitrogen and oxygen atoms in total. The molecule has 0 aromatic rings. The van der Waals surface area contributed by atoms with E-state index in [4.69, 9.17) is 5.11 Å². The highest BCUT2D eigenvalue weighted by atomic mass is 32.2. The number of aliphatic carboxylic acids is 1. The Bertz CT molecular complexity index is 187. The molecular formula is C10H19NO2S. The van der Waals surface area contributed by atoms with E-state index in [-0.39, 0.29) is 6.04 Å². The molecule has 1 rings (SSSR count). The summed E-state index contributed by atoms with van der Waals surface area (Å²) in [6.45, 7) is 1.87. The number of hydrogen-bond donors (Lipinski definition) is 1. The molecule has 1 heterocycles. The van der Waals surface area contributed by atoms with E-state index in [1.54, 1.807) is 11.8 Å². The number of rotatable bonds is 4. The van der Waals surface area contributed by atoms with Gasteiger partial charge in [0.05, 0.1) is 0 Å². The standard InChI is InChI=1S/C10H19NO2S/c1-14-8-7-11-6-4-2-3-5-9(11)10(12)13/h9H,2-8H2,1H3,(H,12,13). The highest BCUT2D eigenvalue weighted by Crippen LogP contribution is 2.17. The molecule has 0 spiro atoms. The average molecular weight is 217 g/mol. The SMILES string of the molecule is CSCCN1CCCCCC1C(=O)O. The predicted octanol–water partition coefficient (Wildman–Crippen LogP) is 1.68. The first-order valence-corrected chi connectivity index (χ1v) is 6.61. The molecule has 0 amide bonds. The van der Waals surface area contributed by atoms with Crippen molar-refractivity contribution >= 4 is 17.7 Å². The molecule has 1 unspecified atom stereocenters. The molecule has 14 heavy (non-hydrogen) atoms. The minimum Gasteiger partial charge on any atom is -0.480 e. The van der Waals surface area contributed by atoms with Crippen molar-refractivity contribution < 1.29 is 9.90 Å². The number of carboxylic acid groups (broad SMARTS) is 1. The van der Waals surface area contributed by atoms with E-state index < -0.39 is 5.97 Å². The van der Waals surface area contributed by atoms with Crippen molar-refractivity contribution in [1.82, 2.24) is 4.90 Å². The fraction of sp³-hybridized carbons (Fsp3) is 0.900. The Morgan fingerprint density at radius 2 is 2.29 bits per heavy atom. The first-order chi connectivity index (χ1) is 6.75. The predicted molar refractivity (Wildman–Crippen MR) is 59.8 cm³/mol. The lowest BCUT2D eigenvalue weighted by Gasteiger charge is -2.26. The van der Waals surface area contributed by atoms with Crippen molar-refractivity contribution in [2.24, 2.45) is 0 Å². The van der Waals surface area contributed by atoms with Gasteiger partial charge in [-0.05, 0) is 25.6 Å². The van der Waals surface area contributed by atoms with Crippen LogP contribution in [0.5, 0.6) is 0 Å². The summed E-state index contributed by atoms with van der Waals surface area (Å²) >= 11 is 1.78. The van der Waals surface area contributed by atoms with Gasteiger partial charge < -0.3 is 5.11 Å². The van der Waals surface area contributed by atoms with E-state index >= 15 is 0 Å². The topological polar surface area (TPSA) is 40.5 Å². The molecule has 1 N–H and O–H groups in total. The van der Waals surface area contributed by atoms with Crippen molar-refractivity contribution in [3.05, 3.63) is 0 Å². The number of thioether (sulfide) groups is 1. The largest absolute Gasteiger partial charge is 0.480 e. The van der Waals surface area contributed by atoms with Crippen molar-refractivity contribution in [3.63, 3.8) is 0 Å². The van der Waals surface area contributed by atoms with Crippen molar-refractivity contribution in [1.29, 1.82) is 0 Å². The van der Waals surface area contributed by atoms with Crippen LogP contribution in [-0.2, 0) is 4.79 Å². The molecule has 1 aliphatic heterocycles. The van der Waals surface area contributed by atoms with Gasteiger partial charge in [0.25, 0.3) is 0 Å². The number of carboxylic acids is 1. The zero-order valence-corrected chi connectivity index (χ0v) is 9.55. The Labute approximate surface area is 89.9 Å². The van der Waals surface area contributed by atoms with Crippen LogP contribution < -0.4 is 0 Å². The summed E-state index contributed by atoms with van der Waals surface area (Å²) in [5, 5.41) is 9.08. The third kappa shape index (κ3) is 3.50. The molecule has 1 saturated heterocycles. The molecule has 0 radical (unpaired) electrons. The molecule has 4 heteroatoms. The monoisotopic (exact) mass is 217 g/mol. The van der Waals surface area contributed by atoms with Crippen molar-refractivity contribution in [2.75, 3.05) is 25.1 Å². The fourth-order valence-electron chi connectivity index (χ4n) is 1.92. The quantitative estimate of drug-likeness (QED) is 0.778. The third-order valence-corrected chi connectivity index (χ3v) is 3.32. The molecule has 82 valence electrons. The average Bonchev–Trinajstić information content (AvgIpc) is 2.39. The van der Waals surface area contributed by atoms with Gasteiger partial charge in [-0.15, -0.1) is 0 Å². The van der Waals surface area contributed by atoms with Gasteiger partial charge in [0, 0.05) is 12.3 Å². The summed E-state index contributed by atoms with van der Waals surface area (Å²) < 4.78 is 0. The summed E-state index contributed by atoms with van der Waals surface area (Å²) in [6.07, 6.45) is 6.28. The Hall–Kier alpha value is -0.220. The second-order valence-electron chi connectivity index (χ2n) is 3.73. The lowest BCUT2D eigenvalue weighted by molar-refractivity contribution is -0.143. The lowest BCUT2D eigenvalue weighted by atomic mass is 10.1. The lowest BCUT2D eigenvalue weighted by Crippen LogP contribution is -2.41. The van der Waals surface area contributed by atoms with Gasteiger partial charge in [0.1, 0.15) is 6.04 Å². The Kier molecular flexibility index (Phi) is 5.33. The summed E-state index contributed by atoms with van der Waals surface area (Å²) in [4.78, 5) is 13.2. The molecule has 1 atom stereocenters. The zero-order chi connectivity index (χ0) is 10.4. The van der Waals surface area contributed by atoms with E-state index in [2.05, 4.69) is 11.2 Å². The van der Waals surface area contributed by atoms with Crippen LogP contribution >= 0.6 is 11.8 Å². The van der Waals surface area contributed by atoms with E-state index in [1.807, 2.05) is 0 Å². The van der Waals surface area contributed by atoms with Gasteiger partial charge in [-0.1, -0.05) is 12.8 Å². The van der Waals surface area contributed by atoms with Crippen LogP contribution in [0.3, 0.4) is 0 Å². The van der Waals surface area contributed by atoms with Gasteiger partial charge >= 0.3 is 5.97 Å². The van der Waals surface area contributed by atoms with Crippen LogP contribution in [-0.4, -0.2) is 47.1 Å². The minimum absolute atomic E-state index is 0.232. The van der Waals surface area contributed by atoms with E-state index in [1.165, 1.54) is 6.42 Å². The maximum atomic E-state index is 11.0. The molecule has 1 fully saturated rings. The summed E-state index contributed by atoms with van der Waals surface area (Å²) in [5.41, 5.74) is 0. The highest BCUT2D eigenvalue weighted by molar-refractivity contribution is 7.98. The molecular weight excluding hydrogens is 198 g/mol.